The van der Waals surface area contributed by atoms with Crippen molar-refractivity contribution in [3.63, 3.8) is 0 Å². The molecule has 2 amide bonds. The van der Waals surface area contributed by atoms with Gasteiger partial charge in [0.2, 0.25) is 11.8 Å². The number of likely N-dealkylation sites (tertiary alicyclic amines) is 1. The Morgan fingerprint density at radius 3 is 2.59 bits per heavy atom. The molecule has 0 aliphatic carbocycles. The summed E-state index contributed by atoms with van der Waals surface area (Å²) in [5, 5.41) is 11.2. The molecule has 3 heterocycles. The zero-order valence-electron chi connectivity index (χ0n) is 15.5. The summed E-state index contributed by atoms with van der Waals surface area (Å²) in [4.78, 5) is 26.5. The SMILES string of the molecule is Cc1cc(NC(=O)C2CCN(C(=O)/C=C/c3c(C)nn(C)c3Cl)CC2)no1. The lowest BCUT2D eigenvalue weighted by atomic mass is 9.96. The molecule has 144 valence electrons. The van der Waals surface area contributed by atoms with Crippen LogP contribution >= 0.6 is 11.6 Å². The van der Waals surface area contributed by atoms with Gasteiger partial charge in [-0.3, -0.25) is 14.3 Å². The van der Waals surface area contributed by atoms with Gasteiger partial charge in [-0.05, 0) is 32.8 Å². The van der Waals surface area contributed by atoms with Crippen molar-refractivity contribution in [2.24, 2.45) is 13.0 Å². The van der Waals surface area contributed by atoms with Crippen molar-refractivity contribution in [3.8, 4) is 0 Å². The first-order chi connectivity index (χ1) is 12.8. The third-order valence-electron chi connectivity index (χ3n) is 4.65. The van der Waals surface area contributed by atoms with Crippen molar-refractivity contribution < 1.29 is 14.1 Å². The second-order valence-corrected chi connectivity index (χ2v) is 7.02. The minimum Gasteiger partial charge on any atom is -0.360 e. The fourth-order valence-corrected chi connectivity index (χ4v) is 3.35. The third kappa shape index (κ3) is 4.39. The Labute approximate surface area is 162 Å². The zero-order valence-corrected chi connectivity index (χ0v) is 16.3. The van der Waals surface area contributed by atoms with E-state index >= 15 is 0 Å². The number of hydrogen-bond acceptors (Lipinski definition) is 5. The Hall–Kier alpha value is -2.61. The molecule has 0 bridgehead atoms. The number of hydrogen-bond donors (Lipinski definition) is 1. The number of aromatic nitrogens is 3. The molecule has 27 heavy (non-hydrogen) atoms. The first kappa shape index (κ1) is 19.2. The fourth-order valence-electron chi connectivity index (χ4n) is 3.11. The molecular formula is C18H22ClN5O3. The van der Waals surface area contributed by atoms with E-state index in [2.05, 4.69) is 15.6 Å². The number of nitrogens with zero attached hydrogens (tertiary/aromatic N) is 4. The molecule has 1 aliphatic heterocycles. The van der Waals surface area contributed by atoms with Crippen LogP contribution in [0.15, 0.2) is 16.7 Å². The van der Waals surface area contributed by atoms with Crippen LogP contribution in [0.25, 0.3) is 6.08 Å². The van der Waals surface area contributed by atoms with E-state index in [1.807, 2.05) is 6.92 Å². The molecule has 9 heteroatoms. The van der Waals surface area contributed by atoms with Crippen molar-refractivity contribution in [2.45, 2.75) is 26.7 Å². The van der Waals surface area contributed by atoms with Crippen LogP contribution in [0.3, 0.4) is 0 Å². The van der Waals surface area contributed by atoms with Gasteiger partial charge in [0.15, 0.2) is 5.82 Å². The highest BCUT2D eigenvalue weighted by Gasteiger charge is 2.27. The van der Waals surface area contributed by atoms with Gasteiger partial charge < -0.3 is 14.7 Å². The van der Waals surface area contributed by atoms with E-state index in [4.69, 9.17) is 16.1 Å². The van der Waals surface area contributed by atoms with E-state index in [1.54, 1.807) is 35.7 Å². The largest absolute Gasteiger partial charge is 0.360 e. The van der Waals surface area contributed by atoms with Crippen LogP contribution in [0.2, 0.25) is 5.15 Å². The van der Waals surface area contributed by atoms with E-state index in [9.17, 15) is 9.59 Å². The molecule has 1 saturated heterocycles. The Balaban J connectivity index is 1.53. The van der Waals surface area contributed by atoms with Crippen LogP contribution in [-0.2, 0) is 16.6 Å². The van der Waals surface area contributed by atoms with E-state index in [0.717, 1.165) is 11.3 Å². The Morgan fingerprint density at radius 1 is 1.33 bits per heavy atom. The van der Waals surface area contributed by atoms with Gasteiger partial charge in [0.1, 0.15) is 10.9 Å². The summed E-state index contributed by atoms with van der Waals surface area (Å²) >= 11 is 6.17. The maximum Gasteiger partial charge on any atom is 0.246 e. The number of nitrogens with one attached hydrogen (secondary N) is 1. The summed E-state index contributed by atoms with van der Waals surface area (Å²) in [6, 6.07) is 1.67. The Morgan fingerprint density at radius 2 is 2.04 bits per heavy atom. The van der Waals surface area contributed by atoms with Gasteiger partial charge in [-0.25, -0.2) is 0 Å². The summed E-state index contributed by atoms with van der Waals surface area (Å²) < 4.78 is 6.51. The van der Waals surface area contributed by atoms with Crippen molar-refractivity contribution in [2.75, 3.05) is 18.4 Å². The van der Waals surface area contributed by atoms with Crippen LogP contribution in [0.5, 0.6) is 0 Å². The minimum atomic E-state index is -0.148. The third-order valence-corrected chi connectivity index (χ3v) is 5.09. The monoisotopic (exact) mass is 391 g/mol. The summed E-state index contributed by atoms with van der Waals surface area (Å²) in [7, 11) is 1.75. The lowest BCUT2D eigenvalue weighted by Gasteiger charge is -2.30. The lowest BCUT2D eigenvalue weighted by Crippen LogP contribution is -2.40. The van der Waals surface area contributed by atoms with Crippen molar-refractivity contribution in [1.29, 1.82) is 0 Å². The Kier molecular flexibility index (Phi) is 5.65. The molecule has 0 radical (unpaired) electrons. The quantitative estimate of drug-likeness (QED) is 0.808. The fraction of sp³-hybridized carbons (Fsp3) is 0.444. The van der Waals surface area contributed by atoms with E-state index in [-0.39, 0.29) is 17.7 Å². The molecule has 0 atom stereocenters. The number of rotatable bonds is 4. The smallest absolute Gasteiger partial charge is 0.246 e. The number of carbonyl (C=O) groups is 2. The molecule has 2 aromatic heterocycles. The predicted molar refractivity (Wildman–Crippen MR) is 101 cm³/mol. The van der Waals surface area contributed by atoms with Gasteiger partial charge in [0.25, 0.3) is 0 Å². The predicted octanol–water partition coefficient (Wildman–Crippen LogP) is 2.57. The maximum atomic E-state index is 12.4. The number of halogens is 1. The molecule has 1 aliphatic rings. The first-order valence-corrected chi connectivity index (χ1v) is 9.13. The second-order valence-electron chi connectivity index (χ2n) is 6.66. The summed E-state index contributed by atoms with van der Waals surface area (Å²) in [6.07, 6.45) is 4.41. The van der Waals surface area contributed by atoms with Crippen LogP contribution in [0.4, 0.5) is 5.82 Å². The maximum absolute atomic E-state index is 12.4. The number of piperidine rings is 1. The van der Waals surface area contributed by atoms with E-state index in [0.29, 0.717) is 42.7 Å². The van der Waals surface area contributed by atoms with Crippen molar-refractivity contribution in [3.05, 3.63) is 34.3 Å². The van der Waals surface area contributed by atoms with Crippen LogP contribution < -0.4 is 5.32 Å². The normalized spacial score (nSPS) is 15.5. The van der Waals surface area contributed by atoms with Gasteiger partial charge in [-0.2, -0.15) is 5.10 Å². The number of anilines is 1. The average molecular weight is 392 g/mol. The first-order valence-electron chi connectivity index (χ1n) is 8.75. The molecule has 3 rings (SSSR count). The van der Waals surface area contributed by atoms with Crippen molar-refractivity contribution >= 4 is 35.3 Å². The summed E-state index contributed by atoms with van der Waals surface area (Å²) in [5.41, 5.74) is 1.51. The second kappa shape index (κ2) is 7.96. The van der Waals surface area contributed by atoms with Crippen LogP contribution in [-0.4, -0.2) is 44.7 Å². The highest BCUT2D eigenvalue weighted by molar-refractivity contribution is 6.31. The molecule has 1 N–H and O–H groups in total. The molecule has 0 unspecified atom stereocenters. The summed E-state index contributed by atoms with van der Waals surface area (Å²) in [6.45, 7) is 4.66. The van der Waals surface area contributed by atoms with E-state index in [1.165, 1.54) is 6.08 Å². The van der Waals surface area contributed by atoms with Crippen LogP contribution in [0.1, 0.15) is 29.9 Å². The molecule has 1 fully saturated rings. The van der Waals surface area contributed by atoms with Gasteiger partial charge in [-0.15, -0.1) is 0 Å². The van der Waals surface area contributed by atoms with Gasteiger partial charge in [0, 0.05) is 43.8 Å². The van der Waals surface area contributed by atoms with Gasteiger partial charge >= 0.3 is 0 Å². The standard InChI is InChI=1S/C18H22ClN5O3/c1-11-10-15(22-27-11)20-18(26)13-6-8-24(9-7-13)16(25)5-4-14-12(2)21-23(3)17(14)19/h4-5,10,13H,6-9H2,1-3H3,(H,20,22,26)/b5-4+. The number of carbonyl (C=O) groups excluding carboxylic acids is 2. The van der Waals surface area contributed by atoms with Crippen LogP contribution in [0, 0.1) is 19.8 Å². The lowest BCUT2D eigenvalue weighted by molar-refractivity contribution is -0.130. The number of amides is 2. The summed E-state index contributed by atoms with van der Waals surface area (Å²) in [5.74, 6) is 0.721. The number of aryl methyl sites for hydroxylation is 3. The van der Waals surface area contributed by atoms with Gasteiger partial charge in [-0.1, -0.05) is 16.8 Å². The molecule has 2 aromatic rings. The van der Waals surface area contributed by atoms with Crippen molar-refractivity contribution in [1.82, 2.24) is 19.8 Å². The highest BCUT2D eigenvalue weighted by Crippen LogP contribution is 2.22. The molecule has 0 aromatic carbocycles. The topological polar surface area (TPSA) is 93.3 Å². The molecule has 8 nitrogen and oxygen atoms in total. The minimum absolute atomic E-state index is 0.0938. The molecule has 0 saturated carbocycles. The zero-order chi connectivity index (χ0) is 19.6. The van der Waals surface area contributed by atoms with Gasteiger partial charge in [0.05, 0.1) is 5.69 Å². The molecular weight excluding hydrogens is 370 g/mol. The highest BCUT2D eigenvalue weighted by atomic mass is 35.5. The average Bonchev–Trinajstić information content (AvgIpc) is 3.16. The Bertz CT molecular complexity index is 878. The van der Waals surface area contributed by atoms with E-state index < -0.39 is 0 Å². The molecule has 0 spiro atoms.